The van der Waals surface area contributed by atoms with Gasteiger partial charge < -0.3 is 44.6 Å². The lowest BCUT2D eigenvalue weighted by atomic mass is 10.1. The summed E-state index contributed by atoms with van der Waals surface area (Å²) in [6, 6.07) is 26.5. The molecule has 32 heteroatoms. The number of aliphatic hydroxyl groups excluding tert-OH is 2. The van der Waals surface area contributed by atoms with Gasteiger partial charge in [-0.2, -0.15) is 5.26 Å². The van der Waals surface area contributed by atoms with Gasteiger partial charge in [-0.3, -0.25) is 33.9 Å². The van der Waals surface area contributed by atoms with E-state index in [1.807, 2.05) is 12.1 Å². The Labute approximate surface area is 605 Å². The molecule has 100 heavy (non-hydrogen) atoms. The number of aliphatic hydroxyl groups is 2. The summed E-state index contributed by atoms with van der Waals surface area (Å²) in [5, 5.41) is 36.3. The maximum absolute atomic E-state index is 15.8. The summed E-state index contributed by atoms with van der Waals surface area (Å²) >= 11 is 22.4. The molecule has 23 nitrogen and oxygen atoms in total. The zero-order valence-corrected chi connectivity index (χ0v) is 59.7. The van der Waals surface area contributed by atoms with E-state index in [1.165, 1.54) is 43.2 Å². The minimum atomic E-state index is -1.07. The summed E-state index contributed by atoms with van der Waals surface area (Å²) in [5.74, 6) is -4.43. The number of halogens is 9. The maximum Gasteiger partial charge on any atom is 0.277 e. The van der Waals surface area contributed by atoms with Crippen molar-refractivity contribution in [2.24, 2.45) is 5.92 Å². The topological polar surface area (TPSA) is 291 Å². The van der Waals surface area contributed by atoms with E-state index in [4.69, 9.17) is 52.8 Å². The van der Waals surface area contributed by atoms with Crippen LogP contribution in [0.3, 0.4) is 0 Å². The molecule has 0 spiro atoms. The monoisotopic (exact) mass is 1600 g/mol. The van der Waals surface area contributed by atoms with Crippen molar-refractivity contribution >= 4 is 156 Å². The normalized spacial score (nSPS) is 13.6. The van der Waals surface area contributed by atoms with Crippen molar-refractivity contribution in [1.29, 1.82) is 5.26 Å². The molecule has 1 aliphatic heterocycles. The number of hydrogen-bond donors (Lipinski definition) is 8. The van der Waals surface area contributed by atoms with Crippen molar-refractivity contribution in [3.05, 3.63) is 185 Å². The molecule has 12 rings (SSSR count). The first-order chi connectivity index (χ1) is 48.1. The lowest BCUT2D eigenvalue weighted by Crippen LogP contribution is -2.38. The van der Waals surface area contributed by atoms with Crippen molar-refractivity contribution in [1.82, 2.24) is 50.1 Å². The van der Waals surface area contributed by atoms with Crippen LogP contribution in [0.1, 0.15) is 95.6 Å². The number of hydrogen-bond acceptors (Lipinski definition) is 17. The van der Waals surface area contributed by atoms with Crippen LogP contribution in [-0.4, -0.2) is 106 Å². The van der Waals surface area contributed by atoms with E-state index in [9.17, 15) is 23.9 Å². The number of carbonyl (C=O) groups excluding carboxylic acids is 3. The average molecular weight is 1610 g/mol. The Balaban J connectivity index is 0.000000162. The van der Waals surface area contributed by atoms with Gasteiger partial charge in [0, 0.05) is 39.2 Å². The Kier molecular flexibility index (Phi) is 25.6. The van der Waals surface area contributed by atoms with Gasteiger partial charge in [-0.1, -0.05) is 77.1 Å². The van der Waals surface area contributed by atoms with Crippen molar-refractivity contribution in [3.8, 4) is 6.07 Å². The number of nitriles is 1. The Hall–Kier alpha value is -8.32. The first-order valence-electron chi connectivity index (χ1n) is 31.2. The number of unbranched alkanes of at least 4 members (excludes halogenated alkanes) is 1. The molecular weight excluding hydrogens is 1540 g/mol. The minimum absolute atomic E-state index is 0.0212. The number of nitrogens with one attached hydrogen (secondary N) is 6. The highest BCUT2D eigenvalue weighted by Crippen LogP contribution is 2.39. The molecule has 3 amide bonds. The van der Waals surface area contributed by atoms with Gasteiger partial charge >= 0.3 is 0 Å². The summed E-state index contributed by atoms with van der Waals surface area (Å²) < 4.78 is 74.5. The highest BCUT2D eigenvalue weighted by Gasteiger charge is 2.29. The third-order valence-corrected chi connectivity index (χ3v) is 17.7. The van der Waals surface area contributed by atoms with Crippen LogP contribution in [-0.2, 0) is 38.9 Å². The third-order valence-electron chi connectivity index (χ3n) is 15.6. The second-order valence-corrected chi connectivity index (χ2v) is 27.2. The molecule has 5 heterocycles. The van der Waals surface area contributed by atoms with Crippen molar-refractivity contribution in [3.63, 3.8) is 0 Å². The smallest absolute Gasteiger partial charge is 0.277 e. The highest BCUT2D eigenvalue weighted by molar-refractivity contribution is 9.11. The second kappa shape index (κ2) is 34.4. The fourth-order valence-corrected chi connectivity index (χ4v) is 12.0. The standard InChI is InChI=1S/C24H27BrF2N4O4.C22H18BrClFN5O3.C22H20BrClFN5O2/c1-24(2,12-32)35-30-23(33)16-10-19-22(28-13-31(19)11-15-5-3-4-8-34-15)20(27)21(16)29-18-7-6-14(25)9-17(18)26;23-13-4-5-17(16(24)9-13)28-20-15(22(32)29-33-8-7-31)10-18-21(19(20)25)27-12-30(18)11-14-3-1-2-6-26-14;23-14-5-6-17(16(24)9-14)28-20-15(22(31)29-32-11-13-3-4-13)10-18-21(19(20)25)27-12-30(18)8-2-1-7-26/h6-7,9-10,13,15,29,32H,3-5,8,11-12H2,1-2H3,(H,30,33);1-6,9-10,12,28,31H,7-8,11H2,(H,29,32);5-6,9-10,12-13,28H,1-4,8,11H2,(H,29,31). The summed E-state index contributed by atoms with van der Waals surface area (Å²) in [6.45, 7) is 4.76. The summed E-state index contributed by atoms with van der Waals surface area (Å²) in [7, 11) is 0. The predicted molar refractivity (Wildman–Crippen MR) is 379 cm³/mol. The molecule has 2 fully saturated rings. The van der Waals surface area contributed by atoms with Crippen LogP contribution in [0.25, 0.3) is 33.1 Å². The number of fused-ring (bicyclic) bond motifs is 3. The van der Waals surface area contributed by atoms with Gasteiger partial charge in [-0.15, -0.1) is 0 Å². The quantitative estimate of drug-likeness (QED) is 0.0150. The number of imidazole rings is 3. The lowest BCUT2D eigenvalue weighted by Gasteiger charge is -2.23. The number of hydroxylamine groups is 3. The fourth-order valence-electron chi connectivity index (χ4n) is 10.2. The molecule has 1 atom stereocenters. The van der Waals surface area contributed by atoms with Gasteiger partial charge in [0.2, 0.25) is 0 Å². The molecule has 524 valence electrons. The van der Waals surface area contributed by atoms with Crippen LogP contribution in [0.15, 0.2) is 130 Å². The summed E-state index contributed by atoms with van der Waals surface area (Å²) in [6.07, 6.45) is 12.2. The molecule has 10 aromatic rings. The number of rotatable bonds is 25. The molecule has 0 radical (unpaired) electrons. The zero-order chi connectivity index (χ0) is 71.2. The van der Waals surface area contributed by atoms with E-state index >= 15 is 13.2 Å². The number of carbonyl (C=O) groups is 3. The van der Waals surface area contributed by atoms with E-state index in [2.05, 4.69) is 106 Å². The number of pyridine rings is 1. The van der Waals surface area contributed by atoms with Gasteiger partial charge in [-0.25, -0.2) is 49.0 Å². The van der Waals surface area contributed by atoms with Crippen LogP contribution in [0.2, 0.25) is 10.0 Å². The van der Waals surface area contributed by atoms with Crippen LogP contribution >= 0.6 is 71.0 Å². The lowest BCUT2D eigenvalue weighted by molar-refractivity contribution is -0.0956. The van der Waals surface area contributed by atoms with Crippen LogP contribution in [0, 0.1) is 40.5 Å². The van der Waals surface area contributed by atoms with Gasteiger partial charge in [0.1, 0.15) is 28.0 Å². The van der Waals surface area contributed by atoms with Crippen molar-refractivity contribution < 1.29 is 61.4 Å². The van der Waals surface area contributed by atoms with Crippen molar-refractivity contribution in [2.75, 3.05) is 49.0 Å². The Morgan fingerprint density at radius 3 is 1.69 bits per heavy atom. The van der Waals surface area contributed by atoms with E-state index in [0.29, 0.717) is 94.1 Å². The number of benzene rings is 6. The largest absolute Gasteiger partial charge is 0.394 e. The van der Waals surface area contributed by atoms with Crippen LogP contribution in [0.4, 0.5) is 51.7 Å². The molecule has 6 aromatic carbocycles. The molecule has 8 N–H and O–H groups in total. The Bertz CT molecular complexity index is 4650. The van der Waals surface area contributed by atoms with Crippen LogP contribution in [0.5, 0.6) is 0 Å². The minimum Gasteiger partial charge on any atom is -0.394 e. The van der Waals surface area contributed by atoms with Gasteiger partial charge in [0.25, 0.3) is 17.7 Å². The molecule has 1 saturated carbocycles. The molecule has 1 unspecified atom stereocenters. The van der Waals surface area contributed by atoms with E-state index < -0.39 is 46.6 Å². The first-order valence-corrected chi connectivity index (χ1v) is 34.4. The van der Waals surface area contributed by atoms with Gasteiger partial charge in [-0.05, 0) is 143 Å². The summed E-state index contributed by atoms with van der Waals surface area (Å²) in [5.41, 5.74) is 8.40. The van der Waals surface area contributed by atoms with Crippen molar-refractivity contribution in [2.45, 2.75) is 90.1 Å². The van der Waals surface area contributed by atoms with E-state index in [0.717, 1.165) is 46.7 Å². The highest BCUT2D eigenvalue weighted by atomic mass is 79.9. The number of amides is 3. The SMILES string of the molecule is CC(C)(CO)ONC(=O)c1cc2c(ncn2CC2CCCCO2)c(F)c1Nc1ccc(Br)cc1F.N#CCCCn1cnc2c(F)c(Nc3ccc(Br)cc3Cl)c(C(=O)NOCC3CC3)cc21.O=C(NOCCO)c1cc2c(ncn2Cc2ccccn2)c(F)c1Nc1ccc(Br)cc1Cl. The Morgan fingerprint density at radius 1 is 0.660 bits per heavy atom. The number of aromatic nitrogens is 7. The molecular formula is C68H65Br3Cl2F4N14O9. The predicted octanol–water partition coefficient (Wildman–Crippen LogP) is 15.0. The van der Waals surface area contributed by atoms with E-state index in [-0.39, 0.29) is 81.9 Å². The number of anilines is 6. The molecule has 1 aliphatic carbocycles. The fraction of sp³-hybridized carbons (Fsp3) is 0.294. The molecule has 2 aliphatic rings. The first kappa shape index (κ1) is 74.4. The summed E-state index contributed by atoms with van der Waals surface area (Å²) in [4.78, 5) is 71.3. The molecule has 0 bridgehead atoms. The van der Waals surface area contributed by atoms with Gasteiger partial charge in [0.05, 0.1) is 154 Å². The Morgan fingerprint density at radius 2 is 1.18 bits per heavy atom. The number of nitrogens with zero attached hydrogens (tertiary/aromatic N) is 8. The van der Waals surface area contributed by atoms with Crippen LogP contribution < -0.4 is 32.4 Å². The molecule has 4 aromatic heterocycles. The number of ether oxygens (including phenoxy) is 1. The maximum atomic E-state index is 15.8. The van der Waals surface area contributed by atoms with Gasteiger partial charge in [0.15, 0.2) is 17.5 Å². The zero-order valence-electron chi connectivity index (χ0n) is 53.5. The third kappa shape index (κ3) is 18.8. The number of aryl methyl sites for hydroxylation is 1. The molecule has 1 saturated heterocycles. The second-order valence-electron chi connectivity index (χ2n) is 23.6. The van der Waals surface area contributed by atoms with E-state index in [1.54, 1.807) is 88.3 Å². The average Bonchev–Trinajstić information content (AvgIpc) is 1.54.